The van der Waals surface area contributed by atoms with E-state index in [0.29, 0.717) is 11.2 Å². The molecule has 2 heteroatoms. The van der Waals surface area contributed by atoms with Crippen molar-refractivity contribution in [1.29, 1.82) is 0 Å². The molecule has 0 spiro atoms. The Bertz CT molecular complexity index is 373. The van der Waals surface area contributed by atoms with Crippen LogP contribution in [0, 0.1) is 0 Å². The topological polar surface area (TPSA) is 20.2 Å². The van der Waals surface area contributed by atoms with Gasteiger partial charge in [0.05, 0.1) is 6.10 Å². The Hall–Kier alpha value is -0.470. The van der Waals surface area contributed by atoms with Crippen LogP contribution < -0.4 is 0 Å². The predicted molar refractivity (Wildman–Crippen MR) is 70.9 cm³/mol. The van der Waals surface area contributed by atoms with E-state index >= 15 is 0 Å². The Balaban J connectivity index is 2.36. The van der Waals surface area contributed by atoms with E-state index < -0.39 is 0 Å². The summed E-state index contributed by atoms with van der Waals surface area (Å²) in [6.45, 7) is 6.55. The van der Waals surface area contributed by atoms with Crippen LogP contribution in [0.25, 0.3) is 0 Å². The van der Waals surface area contributed by atoms with Crippen LogP contribution in [0.5, 0.6) is 0 Å². The summed E-state index contributed by atoms with van der Waals surface area (Å²) in [6.07, 6.45) is 0.759. The Morgan fingerprint density at radius 2 is 2.19 bits per heavy atom. The molecule has 0 bridgehead atoms. The van der Waals surface area contributed by atoms with Gasteiger partial charge in [0.1, 0.15) is 0 Å². The Labute approximate surface area is 102 Å². The first kappa shape index (κ1) is 12.0. The molecule has 0 aromatic heterocycles. The van der Waals surface area contributed by atoms with Gasteiger partial charge >= 0.3 is 0 Å². The van der Waals surface area contributed by atoms with Gasteiger partial charge in [0, 0.05) is 11.0 Å². The summed E-state index contributed by atoms with van der Waals surface area (Å²) in [5, 5.41) is 10.7. The van der Waals surface area contributed by atoms with Gasteiger partial charge in [-0.25, -0.2) is 0 Å². The lowest BCUT2D eigenvalue weighted by Crippen LogP contribution is -2.20. The van der Waals surface area contributed by atoms with Gasteiger partial charge in [0.15, 0.2) is 0 Å². The fraction of sp³-hybridized carbons (Fsp3) is 0.571. The number of rotatable bonds is 2. The van der Waals surface area contributed by atoms with Crippen LogP contribution in [0.3, 0.4) is 0 Å². The molecule has 1 aromatic carbocycles. The number of hydrogen-bond donors (Lipinski definition) is 1. The third kappa shape index (κ3) is 2.14. The van der Waals surface area contributed by atoms with Crippen molar-refractivity contribution in [3.05, 3.63) is 34.9 Å². The zero-order valence-electron chi connectivity index (χ0n) is 10.2. The number of hydrogen-bond acceptors (Lipinski definition) is 2. The molecule has 0 amide bonds. The first-order valence-electron chi connectivity index (χ1n) is 6.05. The second kappa shape index (κ2) is 4.80. The number of fused-ring (bicyclic) bond motifs is 1. The summed E-state index contributed by atoms with van der Waals surface area (Å²) in [7, 11) is 0. The molecule has 1 nitrogen and oxygen atoms in total. The molecule has 88 valence electrons. The molecule has 1 aromatic rings. The van der Waals surface area contributed by atoms with Crippen LogP contribution >= 0.6 is 11.8 Å². The zero-order chi connectivity index (χ0) is 11.7. The van der Waals surface area contributed by atoms with Gasteiger partial charge < -0.3 is 5.11 Å². The number of thioether (sulfide) groups is 1. The lowest BCUT2D eigenvalue weighted by Gasteiger charge is -2.29. The molecule has 2 rings (SSSR count). The van der Waals surface area contributed by atoms with Gasteiger partial charge in [0.25, 0.3) is 0 Å². The summed E-state index contributed by atoms with van der Waals surface area (Å²) in [4.78, 5) is 0. The van der Waals surface area contributed by atoms with Crippen molar-refractivity contribution in [2.75, 3.05) is 0 Å². The molecule has 1 aliphatic rings. The highest BCUT2D eigenvalue weighted by atomic mass is 32.2. The molecule has 0 fully saturated rings. The quantitative estimate of drug-likeness (QED) is 0.841. The van der Waals surface area contributed by atoms with Crippen LogP contribution in [0.15, 0.2) is 18.2 Å². The second-order valence-electron chi connectivity index (χ2n) is 4.82. The van der Waals surface area contributed by atoms with Crippen LogP contribution in [0.4, 0.5) is 0 Å². The van der Waals surface area contributed by atoms with Crippen LogP contribution in [0.2, 0.25) is 0 Å². The summed E-state index contributed by atoms with van der Waals surface area (Å²) in [5.74, 6) is 1.58. The molecule has 0 aliphatic carbocycles. The van der Waals surface area contributed by atoms with Gasteiger partial charge in [-0.3, -0.25) is 0 Å². The standard InChI is InChI=1S/C14H20OS/c1-4-13-14(15)12-7-10(9(2)3)5-6-11(12)8-16-13/h5-7,9,13-15H,4,8H2,1-3H3. The fourth-order valence-corrected chi connectivity index (χ4v) is 3.43. The van der Waals surface area contributed by atoms with Gasteiger partial charge in [-0.1, -0.05) is 39.0 Å². The normalized spacial score (nSPS) is 24.6. The van der Waals surface area contributed by atoms with Crippen LogP contribution in [0.1, 0.15) is 55.9 Å². The van der Waals surface area contributed by atoms with Crippen molar-refractivity contribution < 1.29 is 5.11 Å². The minimum absolute atomic E-state index is 0.280. The van der Waals surface area contributed by atoms with Crippen LogP contribution in [-0.2, 0) is 5.75 Å². The molecule has 0 saturated carbocycles. The zero-order valence-corrected chi connectivity index (χ0v) is 11.1. The van der Waals surface area contributed by atoms with Gasteiger partial charge in [-0.15, -0.1) is 0 Å². The Kier molecular flexibility index (Phi) is 3.60. The van der Waals surface area contributed by atoms with E-state index in [4.69, 9.17) is 0 Å². The predicted octanol–water partition coefficient (Wildman–Crippen LogP) is 3.87. The molecule has 1 heterocycles. The molecular formula is C14H20OS. The average Bonchev–Trinajstić information content (AvgIpc) is 2.29. The number of aliphatic hydroxyl groups is 1. The molecule has 1 aliphatic heterocycles. The summed E-state index contributed by atoms with van der Waals surface area (Å²) in [6, 6.07) is 6.59. The highest BCUT2D eigenvalue weighted by Crippen LogP contribution is 2.39. The van der Waals surface area contributed by atoms with E-state index in [2.05, 4.69) is 39.0 Å². The second-order valence-corrected chi connectivity index (χ2v) is 6.04. The summed E-state index contributed by atoms with van der Waals surface area (Å²) >= 11 is 1.88. The van der Waals surface area contributed by atoms with Gasteiger partial charge in [-0.05, 0) is 29.0 Å². The smallest absolute Gasteiger partial charge is 0.0911 e. The number of aliphatic hydroxyl groups excluding tert-OH is 1. The lowest BCUT2D eigenvalue weighted by molar-refractivity contribution is 0.170. The molecule has 0 radical (unpaired) electrons. The first-order chi connectivity index (χ1) is 7.63. The van der Waals surface area contributed by atoms with E-state index in [1.807, 2.05) is 11.8 Å². The summed E-state index contributed by atoms with van der Waals surface area (Å²) < 4.78 is 0. The highest BCUT2D eigenvalue weighted by molar-refractivity contribution is 7.99. The molecular weight excluding hydrogens is 216 g/mol. The van der Waals surface area contributed by atoms with Crippen molar-refractivity contribution in [1.82, 2.24) is 0 Å². The van der Waals surface area contributed by atoms with Crippen LogP contribution in [-0.4, -0.2) is 10.4 Å². The molecule has 0 saturated heterocycles. The van der Waals surface area contributed by atoms with E-state index in [-0.39, 0.29) is 6.10 Å². The monoisotopic (exact) mass is 236 g/mol. The van der Waals surface area contributed by atoms with E-state index in [0.717, 1.165) is 17.7 Å². The largest absolute Gasteiger partial charge is 0.387 e. The minimum Gasteiger partial charge on any atom is -0.387 e. The molecule has 1 N–H and O–H groups in total. The maximum absolute atomic E-state index is 10.3. The van der Waals surface area contributed by atoms with Crippen molar-refractivity contribution in [2.45, 2.75) is 50.2 Å². The molecule has 16 heavy (non-hydrogen) atoms. The number of benzene rings is 1. The van der Waals surface area contributed by atoms with Crippen molar-refractivity contribution in [2.24, 2.45) is 0 Å². The highest BCUT2D eigenvalue weighted by Gasteiger charge is 2.27. The summed E-state index contributed by atoms with van der Waals surface area (Å²) in [5.41, 5.74) is 3.81. The van der Waals surface area contributed by atoms with Crippen molar-refractivity contribution in [3.8, 4) is 0 Å². The fourth-order valence-electron chi connectivity index (χ4n) is 2.21. The maximum atomic E-state index is 10.3. The van der Waals surface area contributed by atoms with Gasteiger partial charge in [-0.2, -0.15) is 11.8 Å². The third-order valence-electron chi connectivity index (χ3n) is 3.36. The minimum atomic E-state index is -0.280. The van der Waals surface area contributed by atoms with Gasteiger partial charge in [0.2, 0.25) is 0 Å². The van der Waals surface area contributed by atoms with Crippen molar-refractivity contribution >= 4 is 11.8 Å². The van der Waals surface area contributed by atoms with E-state index in [9.17, 15) is 5.11 Å². The SMILES string of the molecule is CCC1SCc2ccc(C(C)C)cc2C1O. The maximum Gasteiger partial charge on any atom is 0.0911 e. The molecule has 2 atom stereocenters. The third-order valence-corrected chi connectivity index (χ3v) is 4.86. The van der Waals surface area contributed by atoms with E-state index in [1.54, 1.807) is 0 Å². The lowest BCUT2D eigenvalue weighted by atomic mass is 9.93. The van der Waals surface area contributed by atoms with Crippen molar-refractivity contribution in [3.63, 3.8) is 0 Å². The molecule has 2 unspecified atom stereocenters. The Morgan fingerprint density at radius 1 is 1.44 bits per heavy atom. The Morgan fingerprint density at radius 3 is 2.81 bits per heavy atom. The van der Waals surface area contributed by atoms with E-state index in [1.165, 1.54) is 11.1 Å². The average molecular weight is 236 g/mol. The first-order valence-corrected chi connectivity index (χ1v) is 7.10.